The van der Waals surface area contributed by atoms with Crippen LogP contribution in [0.2, 0.25) is 0 Å². The third-order valence-electron chi connectivity index (χ3n) is 7.18. The minimum atomic E-state index is -0.165. The third kappa shape index (κ3) is 3.84. The first-order valence-corrected chi connectivity index (χ1v) is 12.4. The molecule has 174 valence electrons. The Hall–Kier alpha value is -3.76. The minimum Gasteiger partial charge on any atom is -0.377 e. The standard InChI is InChI=1S/C31H27NO3/c33-30-26-10-3-4-11-27(26)31(34)32(30)18-5-1-2-6-19-35-20-24-15-14-23-13-12-21-8-7-9-22-16-17-25(24)29(23)28(21)22/h3-4,7-17H,1-2,5-6,18-20H2. The van der Waals surface area contributed by atoms with E-state index in [1.165, 1.54) is 42.8 Å². The number of amides is 2. The van der Waals surface area contributed by atoms with Crippen LogP contribution in [0.4, 0.5) is 0 Å². The van der Waals surface area contributed by atoms with Gasteiger partial charge >= 0.3 is 0 Å². The first kappa shape index (κ1) is 21.8. The lowest BCUT2D eigenvalue weighted by molar-refractivity contribution is 0.0650. The number of carbonyl (C=O) groups excluding carboxylic acids is 2. The van der Waals surface area contributed by atoms with Crippen molar-refractivity contribution >= 4 is 44.1 Å². The Bertz CT molecular complexity index is 1500. The highest BCUT2D eigenvalue weighted by molar-refractivity contribution is 6.23. The highest BCUT2D eigenvalue weighted by Gasteiger charge is 2.34. The Morgan fingerprint density at radius 2 is 1.23 bits per heavy atom. The Morgan fingerprint density at radius 1 is 0.600 bits per heavy atom. The quantitative estimate of drug-likeness (QED) is 0.135. The molecular weight excluding hydrogens is 434 g/mol. The summed E-state index contributed by atoms with van der Waals surface area (Å²) >= 11 is 0. The van der Waals surface area contributed by atoms with Crippen molar-refractivity contribution in [1.29, 1.82) is 0 Å². The van der Waals surface area contributed by atoms with Crippen LogP contribution in [0.5, 0.6) is 0 Å². The zero-order chi connectivity index (χ0) is 23.8. The van der Waals surface area contributed by atoms with Gasteiger partial charge in [0.15, 0.2) is 0 Å². The summed E-state index contributed by atoms with van der Waals surface area (Å²) in [7, 11) is 0. The van der Waals surface area contributed by atoms with Crippen LogP contribution in [0.3, 0.4) is 0 Å². The van der Waals surface area contributed by atoms with Crippen molar-refractivity contribution in [3.05, 3.63) is 95.6 Å². The monoisotopic (exact) mass is 461 g/mol. The molecule has 1 aliphatic heterocycles. The van der Waals surface area contributed by atoms with Gasteiger partial charge in [0, 0.05) is 13.2 Å². The van der Waals surface area contributed by atoms with Gasteiger partial charge in [-0.1, -0.05) is 79.6 Å². The summed E-state index contributed by atoms with van der Waals surface area (Å²) in [5.41, 5.74) is 2.27. The smallest absolute Gasteiger partial charge is 0.261 e. The second-order valence-electron chi connectivity index (χ2n) is 9.36. The number of unbranched alkanes of at least 4 members (excludes halogenated alkanes) is 3. The summed E-state index contributed by atoms with van der Waals surface area (Å²) in [6, 6.07) is 26.8. The number of imide groups is 1. The van der Waals surface area contributed by atoms with Crippen molar-refractivity contribution in [2.75, 3.05) is 13.2 Å². The number of hydrogen-bond acceptors (Lipinski definition) is 3. The van der Waals surface area contributed by atoms with E-state index in [9.17, 15) is 9.59 Å². The number of rotatable bonds is 9. The average molecular weight is 462 g/mol. The van der Waals surface area contributed by atoms with Crippen molar-refractivity contribution < 1.29 is 14.3 Å². The summed E-state index contributed by atoms with van der Waals surface area (Å²) in [6.45, 7) is 1.79. The summed E-state index contributed by atoms with van der Waals surface area (Å²) in [5.74, 6) is -0.329. The van der Waals surface area contributed by atoms with Crippen molar-refractivity contribution in [1.82, 2.24) is 4.90 Å². The number of fused-ring (bicyclic) bond motifs is 1. The summed E-state index contributed by atoms with van der Waals surface area (Å²) < 4.78 is 6.05. The van der Waals surface area contributed by atoms with E-state index in [2.05, 4.69) is 54.6 Å². The molecule has 5 aromatic rings. The van der Waals surface area contributed by atoms with Gasteiger partial charge in [-0.05, 0) is 62.9 Å². The number of benzene rings is 5. The van der Waals surface area contributed by atoms with Gasteiger partial charge < -0.3 is 4.74 Å². The second kappa shape index (κ2) is 9.12. The molecule has 2 amide bonds. The highest BCUT2D eigenvalue weighted by atomic mass is 16.5. The predicted molar refractivity (Wildman–Crippen MR) is 140 cm³/mol. The van der Waals surface area contributed by atoms with Crippen LogP contribution in [0.25, 0.3) is 32.3 Å². The molecule has 0 aromatic heterocycles. The van der Waals surface area contributed by atoms with Crippen molar-refractivity contribution in [3.8, 4) is 0 Å². The topological polar surface area (TPSA) is 46.6 Å². The fraction of sp³-hybridized carbons (Fsp3) is 0.226. The SMILES string of the molecule is O=C1c2ccccc2C(=O)N1CCCCCCOCc1ccc2ccc3cccc4ccc1c2c34. The number of carbonyl (C=O) groups is 2. The number of ether oxygens (including phenoxy) is 1. The van der Waals surface area contributed by atoms with E-state index in [0.717, 1.165) is 25.7 Å². The predicted octanol–water partition coefficient (Wildman–Crippen LogP) is 6.96. The van der Waals surface area contributed by atoms with E-state index in [1.807, 2.05) is 0 Å². The normalized spacial score (nSPS) is 13.5. The maximum absolute atomic E-state index is 12.4. The third-order valence-corrected chi connectivity index (χ3v) is 7.18. The molecule has 5 aromatic carbocycles. The molecule has 0 saturated heterocycles. The molecule has 0 spiro atoms. The molecule has 0 atom stereocenters. The van der Waals surface area contributed by atoms with Crippen LogP contribution in [-0.4, -0.2) is 29.9 Å². The van der Waals surface area contributed by atoms with Crippen molar-refractivity contribution in [2.45, 2.75) is 32.3 Å². The van der Waals surface area contributed by atoms with Gasteiger partial charge in [0.1, 0.15) is 0 Å². The molecule has 1 heterocycles. The highest BCUT2D eigenvalue weighted by Crippen LogP contribution is 2.36. The molecular formula is C31H27NO3. The molecule has 6 rings (SSSR count). The number of nitrogens with zero attached hydrogens (tertiary/aromatic N) is 1. The summed E-state index contributed by atoms with van der Waals surface area (Å²) in [5, 5.41) is 7.76. The van der Waals surface area contributed by atoms with Gasteiger partial charge in [-0.2, -0.15) is 0 Å². The molecule has 0 bridgehead atoms. The zero-order valence-corrected chi connectivity index (χ0v) is 19.6. The first-order chi connectivity index (χ1) is 17.2. The van der Waals surface area contributed by atoms with E-state index in [0.29, 0.717) is 30.9 Å². The van der Waals surface area contributed by atoms with Gasteiger partial charge in [-0.3, -0.25) is 14.5 Å². The molecule has 0 aliphatic carbocycles. The van der Waals surface area contributed by atoms with Gasteiger partial charge in [0.2, 0.25) is 0 Å². The molecule has 1 aliphatic rings. The second-order valence-corrected chi connectivity index (χ2v) is 9.36. The summed E-state index contributed by atoms with van der Waals surface area (Å²) in [6.07, 6.45) is 3.77. The largest absolute Gasteiger partial charge is 0.377 e. The molecule has 35 heavy (non-hydrogen) atoms. The maximum Gasteiger partial charge on any atom is 0.261 e. The lowest BCUT2D eigenvalue weighted by Gasteiger charge is -2.14. The lowest BCUT2D eigenvalue weighted by Crippen LogP contribution is -2.30. The molecule has 0 N–H and O–H groups in total. The van der Waals surface area contributed by atoms with E-state index >= 15 is 0 Å². The van der Waals surface area contributed by atoms with E-state index in [4.69, 9.17) is 4.74 Å². The van der Waals surface area contributed by atoms with E-state index in [-0.39, 0.29) is 11.8 Å². The maximum atomic E-state index is 12.4. The van der Waals surface area contributed by atoms with E-state index < -0.39 is 0 Å². The van der Waals surface area contributed by atoms with Crippen LogP contribution < -0.4 is 0 Å². The van der Waals surface area contributed by atoms with Crippen LogP contribution in [-0.2, 0) is 11.3 Å². The molecule has 4 heteroatoms. The minimum absolute atomic E-state index is 0.165. The fourth-order valence-electron chi connectivity index (χ4n) is 5.37. The van der Waals surface area contributed by atoms with Crippen molar-refractivity contribution in [3.63, 3.8) is 0 Å². The fourth-order valence-corrected chi connectivity index (χ4v) is 5.37. The van der Waals surface area contributed by atoms with Crippen LogP contribution >= 0.6 is 0 Å². The Labute approximate surface area is 204 Å². The van der Waals surface area contributed by atoms with Gasteiger partial charge in [-0.25, -0.2) is 0 Å². The average Bonchev–Trinajstić information content (AvgIpc) is 3.14. The van der Waals surface area contributed by atoms with Gasteiger partial charge in [-0.15, -0.1) is 0 Å². The van der Waals surface area contributed by atoms with Gasteiger partial charge in [0.05, 0.1) is 17.7 Å². The van der Waals surface area contributed by atoms with Gasteiger partial charge in [0.25, 0.3) is 11.8 Å². The van der Waals surface area contributed by atoms with Crippen LogP contribution in [0.1, 0.15) is 52.0 Å². The Morgan fingerprint density at radius 3 is 1.97 bits per heavy atom. The molecule has 0 saturated carbocycles. The number of hydrogen-bond donors (Lipinski definition) is 0. The van der Waals surface area contributed by atoms with Crippen LogP contribution in [0.15, 0.2) is 78.9 Å². The van der Waals surface area contributed by atoms with E-state index in [1.54, 1.807) is 24.3 Å². The zero-order valence-electron chi connectivity index (χ0n) is 19.6. The first-order valence-electron chi connectivity index (χ1n) is 12.4. The Kier molecular flexibility index (Phi) is 5.67. The lowest BCUT2D eigenvalue weighted by atomic mass is 9.92. The summed E-state index contributed by atoms with van der Waals surface area (Å²) in [4.78, 5) is 26.3. The van der Waals surface area contributed by atoms with Crippen molar-refractivity contribution in [2.24, 2.45) is 0 Å². The molecule has 0 unspecified atom stereocenters. The molecule has 0 radical (unpaired) electrons. The molecule has 4 nitrogen and oxygen atoms in total. The van der Waals surface area contributed by atoms with Crippen LogP contribution in [0, 0.1) is 0 Å². The molecule has 0 fully saturated rings. The Balaban J connectivity index is 0.998.